The van der Waals surface area contributed by atoms with Crippen molar-refractivity contribution in [2.45, 2.75) is 45.6 Å². The van der Waals surface area contributed by atoms with Crippen molar-refractivity contribution in [2.75, 3.05) is 13.6 Å². The van der Waals surface area contributed by atoms with E-state index in [1.165, 1.54) is 5.56 Å². The summed E-state index contributed by atoms with van der Waals surface area (Å²) in [7, 11) is 1.99. The molecule has 1 aromatic carbocycles. The number of benzene rings is 1. The summed E-state index contributed by atoms with van der Waals surface area (Å²) in [4.78, 5) is 0. The van der Waals surface area contributed by atoms with Crippen LogP contribution in [0.15, 0.2) is 24.3 Å². The lowest BCUT2D eigenvalue weighted by molar-refractivity contribution is 0.205. The second-order valence-corrected chi connectivity index (χ2v) is 4.87. The third kappa shape index (κ3) is 4.78. The van der Waals surface area contributed by atoms with E-state index in [0.29, 0.717) is 5.92 Å². The second-order valence-electron chi connectivity index (χ2n) is 4.87. The van der Waals surface area contributed by atoms with Gasteiger partial charge in [-0.3, -0.25) is 0 Å². The zero-order valence-electron chi connectivity index (χ0n) is 11.5. The molecule has 1 atom stereocenters. The van der Waals surface area contributed by atoms with Crippen LogP contribution < -0.4 is 10.1 Å². The van der Waals surface area contributed by atoms with Gasteiger partial charge in [-0.05, 0) is 50.9 Å². The Morgan fingerprint density at radius 1 is 1.18 bits per heavy atom. The number of ether oxygens (including phenoxy) is 1. The van der Waals surface area contributed by atoms with Gasteiger partial charge < -0.3 is 10.1 Å². The van der Waals surface area contributed by atoms with E-state index in [0.717, 1.165) is 25.1 Å². The quantitative estimate of drug-likeness (QED) is 0.729. The molecule has 0 spiro atoms. The van der Waals surface area contributed by atoms with E-state index < -0.39 is 0 Å². The SMILES string of the molecule is CNCCCC(C)Oc1ccccc1C(C)C. The molecule has 0 heterocycles. The highest BCUT2D eigenvalue weighted by Gasteiger charge is 2.10. The van der Waals surface area contributed by atoms with Gasteiger partial charge in [0.2, 0.25) is 0 Å². The van der Waals surface area contributed by atoms with Crippen LogP contribution in [0.1, 0.15) is 45.1 Å². The van der Waals surface area contributed by atoms with Gasteiger partial charge in [-0.1, -0.05) is 32.0 Å². The Hall–Kier alpha value is -1.02. The molecule has 1 N–H and O–H groups in total. The van der Waals surface area contributed by atoms with Crippen molar-refractivity contribution >= 4 is 0 Å². The highest BCUT2D eigenvalue weighted by atomic mass is 16.5. The van der Waals surface area contributed by atoms with Crippen LogP contribution in [0.4, 0.5) is 0 Å². The zero-order chi connectivity index (χ0) is 12.7. The Morgan fingerprint density at radius 2 is 1.88 bits per heavy atom. The molecule has 0 radical (unpaired) electrons. The molecule has 0 aliphatic heterocycles. The van der Waals surface area contributed by atoms with Crippen molar-refractivity contribution in [1.29, 1.82) is 0 Å². The van der Waals surface area contributed by atoms with E-state index in [1.54, 1.807) is 0 Å². The van der Waals surface area contributed by atoms with Crippen molar-refractivity contribution in [3.8, 4) is 5.75 Å². The summed E-state index contributed by atoms with van der Waals surface area (Å²) < 4.78 is 6.03. The van der Waals surface area contributed by atoms with Crippen LogP contribution in [0, 0.1) is 0 Å². The Kier molecular flexibility index (Phi) is 6.06. The molecule has 0 aliphatic rings. The van der Waals surface area contributed by atoms with Crippen LogP contribution in [0.25, 0.3) is 0 Å². The van der Waals surface area contributed by atoms with Crippen molar-refractivity contribution in [3.63, 3.8) is 0 Å². The highest BCUT2D eigenvalue weighted by molar-refractivity contribution is 5.35. The predicted molar refractivity (Wildman–Crippen MR) is 73.8 cm³/mol. The minimum Gasteiger partial charge on any atom is -0.490 e. The summed E-state index contributed by atoms with van der Waals surface area (Å²) in [5.74, 6) is 1.55. The van der Waals surface area contributed by atoms with Crippen molar-refractivity contribution in [2.24, 2.45) is 0 Å². The monoisotopic (exact) mass is 235 g/mol. The van der Waals surface area contributed by atoms with E-state index in [9.17, 15) is 0 Å². The fourth-order valence-electron chi connectivity index (χ4n) is 1.91. The molecule has 1 aromatic rings. The average Bonchev–Trinajstić information content (AvgIpc) is 2.29. The molecule has 17 heavy (non-hydrogen) atoms. The molecule has 0 fully saturated rings. The Balaban J connectivity index is 2.55. The van der Waals surface area contributed by atoms with Crippen LogP contribution in [0.5, 0.6) is 5.75 Å². The van der Waals surface area contributed by atoms with Gasteiger partial charge in [-0.15, -0.1) is 0 Å². The molecule has 0 bridgehead atoms. The van der Waals surface area contributed by atoms with E-state index in [1.807, 2.05) is 13.1 Å². The Morgan fingerprint density at radius 3 is 2.53 bits per heavy atom. The second kappa shape index (κ2) is 7.33. The van der Waals surface area contributed by atoms with Gasteiger partial charge in [0.05, 0.1) is 6.10 Å². The standard InChI is InChI=1S/C15H25NO/c1-12(2)14-9-5-6-10-15(14)17-13(3)8-7-11-16-4/h5-6,9-10,12-13,16H,7-8,11H2,1-4H3. The summed E-state index contributed by atoms with van der Waals surface area (Å²) >= 11 is 0. The summed E-state index contributed by atoms with van der Waals surface area (Å²) in [5, 5.41) is 3.16. The Labute approximate surface area is 105 Å². The molecular formula is C15H25NO. The maximum absolute atomic E-state index is 6.03. The maximum Gasteiger partial charge on any atom is 0.123 e. The van der Waals surface area contributed by atoms with Gasteiger partial charge in [-0.25, -0.2) is 0 Å². The normalized spacial score (nSPS) is 12.8. The summed E-state index contributed by atoms with van der Waals surface area (Å²) in [6.45, 7) is 7.61. The number of hydrogen-bond donors (Lipinski definition) is 1. The van der Waals surface area contributed by atoms with E-state index in [2.05, 4.69) is 44.3 Å². The van der Waals surface area contributed by atoms with Crippen molar-refractivity contribution < 1.29 is 4.74 Å². The average molecular weight is 235 g/mol. The van der Waals surface area contributed by atoms with Crippen LogP contribution >= 0.6 is 0 Å². The van der Waals surface area contributed by atoms with E-state index in [-0.39, 0.29) is 6.10 Å². The molecule has 2 nitrogen and oxygen atoms in total. The zero-order valence-corrected chi connectivity index (χ0v) is 11.5. The van der Waals surface area contributed by atoms with Crippen LogP contribution in [0.2, 0.25) is 0 Å². The van der Waals surface area contributed by atoms with Gasteiger partial charge in [-0.2, -0.15) is 0 Å². The fraction of sp³-hybridized carbons (Fsp3) is 0.600. The largest absolute Gasteiger partial charge is 0.490 e. The molecule has 0 aromatic heterocycles. The number of nitrogens with one attached hydrogen (secondary N) is 1. The lowest BCUT2D eigenvalue weighted by Gasteiger charge is -2.19. The molecule has 1 rings (SSSR count). The first-order chi connectivity index (χ1) is 8.15. The van der Waals surface area contributed by atoms with Gasteiger partial charge in [0.1, 0.15) is 5.75 Å². The van der Waals surface area contributed by atoms with Crippen LogP contribution in [-0.4, -0.2) is 19.7 Å². The lowest BCUT2D eigenvalue weighted by atomic mass is 10.0. The minimum absolute atomic E-state index is 0.281. The fourth-order valence-corrected chi connectivity index (χ4v) is 1.91. The molecule has 0 saturated carbocycles. The maximum atomic E-state index is 6.03. The molecule has 0 aliphatic carbocycles. The van der Waals surface area contributed by atoms with Gasteiger partial charge in [0.25, 0.3) is 0 Å². The highest BCUT2D eigenvalue weighted by Crippen LogP contribution is 2.27. The van der Waals surface area contributed by atoms with Gasteiger partial charge >= 0.3 is 0 Å². The minimum atomic E-state index is 0.281. The van der Waals surface area contributed by atoms with Gasteiger partial charge in [0, 0.05) is 0 Å². The van der Waals surface area contributed by atoms with E-state index >= 15 is 0 Å². The van der Waals surface area contributed by atoms with Crippen LogP contribution in [0.3, 0.4) is 0 Å². The van der Waals surface area contributed by atoms with E-state index in [4.69, 9.17) is 4.74 Å². The lowest BCUT2D eigenvalue weighted by Crippen LogP contribution is -2.16. The predicted octanol–water partition coefficient (Wildman–Crippen LogP) is 3.58. The van der Waals surface area contributed by atoms with Crippen LogP contribution in [-0.2, 0) is 0 Å². The third-order valence-electron chi connectivity index (χ3n) is 2.91. The molecule has 1 unspecified atom stereocenters. The molecule has 96 valence electrons. The first-order valence-corrected chi connectivity index (χ1v) is 6.55. The molecule has 2 heteroatoms. The smallest absolute Gasteiger partial charge is 0.123 e. The first-order valence-electron chi connectivity index (χ1n) is 6.55. The van der Waals surface area contributed by atoms with Crippen molar-refractivity contribution in [1.82, 2.24) is 5.32 Å². The topological polar surface area (TPSA) is 21.3 Å². The summed E-state index contributed by atoms with van der Waals surface area (Å²) in [5.41, 5.74) is 1.30. The summed E-state index contributed by atoms with van der Waals surface area (Å²) in [6, 6.07) is 8.35. The summed E-state index contributed by atoms with van der Waals surface area (Å²) in [6.07, 6.45) is 2.53. The molecule has 0 saturated heterocycles. The van der Waals surface area contributed by atoms with Gasteiger partial charge in [0.15, 0.2) is 0 Å². The number of hydrogen-bond acceptors (Lipinski definition) is 2. The third-order valence-corrected chi connectivity index (χ3v) is 2.91. The van der Waals surface area contributed by atoms with Crippen molar-refractivity contribution in [3.05, 3.63) is 29.8 Å². The number of rotatable bonds is 7. The number of para-hydroxylation sites is 1. The first kappa shape index (κ1) is 14.0. The Bertz CT molecular complexity index is 322. The molecular weight excluding hydrogens is 210 g/mol. The molecule has 0 amide bonds.